The molecule has 1 atom stereocenters. The lowest BCUT2D eigenvalue weighted by atomic mass is 9.90. The van der Waals surface area contributed by atoms with Crippen molar-refractivity contribution in [2.45, 2.75) is 69.7 Å². The normalized spacial score (nSPS) is 16.8. The van der Waals surface area contributed by atoms with Gasteiger partial charge in [-0.3, -0.25) is 9.59 Å². The first-order valence-corrected chi connectivity index (χ1v) is 14.9. The van der Waals surface area contributed by atoms with Crippen LogP contribution < -0.4 is 5.56 Å². The Hall–Kier alpha value is -4.24. The molecule has 1 amide bonds. The number of halogens is 3. The summed E-state index contributed by atoms with van der Waals surface area (Å²) in [5.41, 5.74) is 3.12. The minimum absolute atomic E-state index is 0.0109. The third-order valence-electron chi connectivity index (χ3n) is 8.87. The second-order valence-electron chi connectivity index (χ2n) is 12.2. The van der Waals surface area contributed by atoms with Gasteiger partial charge in [0.05, 0.1) is 28.8 Å². The molecule has 0 saturated heterocycles. The van der Waals surface area contributed by atoms with Crippen LogP contribution in [0.5, 0.6) is 0 Å². The summed E-state index contributed by atoms with van der Waals surface area (Å²) in [5.74, 6) is 0.465. The quantitative estimate of drug-likeness (QED) is 0.259. The zero-order valence-corrected chi connectivity index (χ0v) is 24.6. The standard InChI is InChI=1S/C35H34F3N3O3/c1-21(2)22-7-4-11-26(18-22)34(14-15-34)33-39-29-13-6-16-41(20-28(29)31(43)40-33)32(44)30(42)25-10-3-8-23(17-25)24-9-5-12-27(19-24)35(36,37)38/h3-5,7-12,17-19,21,30,42H,6,13-16,20H2,1-2H3,(H,39,40,43)/t30-/m1/s1. The van der Waals surface area contributed by atoms with E-state index >= 15 is 0 Å². The summed E-state index contributed by atoms with van der Waals surface area (Å²) in [6.45, 7) is 4.64. The summed E-state index contributed by atoms with van der Waals surface area (Å²) in [6, 6.07) is 19.7. The predicted molar refractivity (Wildman–Crippen MR) is 161 cm³/mol. The van der Waals surface area contributed by atoms with E-state index in [0.717, 1.165) is 30.5 Å². The molecular weight excluding hydrogens is 567 g/mol. The molecule has 2 N–H and O–H groups in total. The zero-order chi connectivity index (χ0) is 31.2. The molecule has 2 heterocycles. The molecule has 9 heteroatoms. The Kier molecular flexibility index (Phi) is 7.70. The Bertz CT molecular complexity index is 1770. The number of fused-ring (bicyclic) bond motifs is 1. The third-order valence-corrected chi connectivity index (χ3v) is 8.87. The van der Waals surface area contributed by atoms with Crippen LogP contribution in [-0.2, 0) is 29.4 Å². The van der Waals surface area contributed by atoms with E-state index in [1.165, 1.54) is 22.6 Å². The first-order valence-electron chi connectivity index (χ1n) is 14.9. The average Bonchev–Trinajstić information content (AvgIpc) is 3.85. The number of aromatic nitrogens is 2. The molecule has 1 saturated carbocycles. The summed E-state index contributed by atoms with van der Waals surface area (Å²) in [5, 5.41) is 11.1. The number of rotatable bonds is 6. The number of hydrogen-bond donors (Lipinski definition) is 2. The van der Waals surface area contributed by atoms with Gasteiger partial charge in [-0.1, -0.05) is 68.4 Å². The van der Waals surface area contributed by atoms with Crippen molar-refractivity contribution in [1.82, 2.24) is 14.9 Å². The monoisotopic (exact) mass is 601 g/mol. The van der Waals surface area contributed by atoms with Gasteiger partial charge in [0.1, 0.15) is 5.82 Å². The van der Waals surface area contributed by atoms with E-state index in [1.54, 1.807) is 24.3 Å². The van der Waals surface area contributed by atoms with E-state index in [0.29, 0.717) is 53.5 Å². The first kappa shape index (κ1) is 29.8. The molecule has 0 bridgehead atoms. The number of aliphatic hydroxyl groups is 1. The van der Waals surface area contributed by atoms with Crippen molar-refractivity contribution < 1.29 is 23.1 Å². The Balaban J connectivity index is 1.24. The van der Waals surface area contributed by atoms with Crippen LogP contribution in [0.15, 0.2) is 77.6 Å². The van der Waals surface area contributed by atoms with Gasteiger partial charge in [-0.05, 0) is 77.6 Å². The summed E-state index contributed by atoms with van der Waals surface area (Å²) in [4.78, 5) is 36.4. The summed E-state index contributed by atoms with van der Waals surface area (Å²) in [6.07, 6.45) is -3.14. The lowest BCUT2D eigenvalue weighted by Crippen LogP contribution is -2.36. The smallest absolute Gasteiger partial charge is 0.378 e. The molecule has 4 aromatic rings. The fraction of sp³-hybridized carbons (Fsp3) is 0.343. The predicted octanol–water partition coefficient (Wildman–Crippen LogP) is 6.67. The zero-order valence-electron chi connectivity index (χ0n) is 24.6. The largest absolute Gasteiger partial charge is 0.416 e. The lowest BCUT2D eigenvalue weighted by Gasteiger charge is -2.24. The van der Waals surface area contributed by atoms with Gasteiger partial charge in [0.25, 0.3) is 11.5 Å². The van der Waals surface area contributed by atoms with E-state index in [9.17, 15) is 27.9 Å². The number of H-pyrrole nitrogens is 1. The first-order chi connectivity index (χ1) is 21.0. The van der Waals surface area contributed by atoms with Crippen molar-refractivity contribution in [3.05, 3.63) is 122 Å². The van der Waals surface area contributed by atoms with E-state index in [4.69, 9.17) is 4.98 Å². The summed E-state index contributed by atoms with van der Waals surface area (Å²) < 4.78 is 39.8. The van der Waals surface area contributed by atoms with Crippen molar-refractivity contribution in [3.63, 3.8) is 0 Å². The van der Waals surface area contributed by atoms with Crippen LogP contribution in [0.2, 0.25) is 0 Å². The van der Waals surface area contributed by atoms with Gasteiger partial charge in [-0.15, -0.1) is 0 Å². The second-order valence-corrected chi connectivity index (χ2v) is 12.2. The highest BCUT2D eigenvalue weighted by Gasteiger charge is 2.49. The molecule has 1 aliphatic heterocycles. The lowest BCUT2D eigenvalue weighted by molar-refractivity contribution is -0.141. The van der Waals surface area contributed by atoms with E-state index in [-0.39, 0.29) is 23.1 Å². The van der Waals surface area contributed by atoms with Gasteiger partial charge in [-0.2, -0.15) is 13.2 Å². The van der Waals surface area contributed by atoms with E-state index in [2.05, 4.69) is 43.1 Å². The number of hydrogen-bond acceptors (Lipinski definition) is 4. The molecule has 1 aromatic heterocycles. The van der Waals surface area contributed by atoms with Crippen molar-refractivity contribution >= 4 is 5.91 Å². The van der Waals surface area contributed by atoms with Crippen molar-refractivity contribution in [1.29, 1.82) is 0 Å². The average molecular weight is 602 g/mol. The molecule has 0 spiro atoms. The number of amides is 1. The fourth-order valence-corrected chi connectivity index (χ4v) is 6.10. The molecular formula is C35H34F3N3O3. The number of carbonyl (C=O) groups excluding carboxylic acids is 1. The van der Waals surface area contributed by atoms with Crippen LogP contribution in [0.3, 0.4) is 0 Å². The molecule has 0 unspecified atom stereocenters. The number of aryl methyl sites for hydroxylation is 1. The minimum atomic E-state index is -4.49. The van der Waals surface area contributed by atoms with Gasteiger partial charge in [-0.25, -0.2) is 4.98 Å². The van der Waals surface area contributed by atoms with Crippen LogP contribution in [0, 0.1) is 0 Å². The van der Waals surface area contributed by atoms with Crippen molar-refractivity contribution in [2.75, 3.05) is 6.54 Å². The maximum absolute atomic E-state index is 13.5. The van der Waals surface area contributed by atoms with Gasteiger partial charge in [0.2, 0.25) is 0 Å². The Morgan fingerprint density at radius 3 is 2.36 bits per heavy atom. The number of benzene rings is 3. The van der Waals surface area contributed by atoms with Crippen LogP contribution in [-0.4, -0.2) is 32.4 Å². The number of carbonyl (C=O) groups is 1. The number of nitrogens with zero attached hydrogens (tertiary/aromatic N) is 2. The second kappa shape index (κ2) is 11.4. The Morgan fingerprint density at radius 2 is 1.66 bits per heavy atom. The molecule has 1 fully saturated rings. The maximum Gasteiger partial charge on any atom is 0.416 e. The van der Waals surface area contributed by atoms with E-state index in [1.807, 2.05) is 0 Å². The number of nitrogens with one attached hydrogen (secondary N) is 1. The minimum Gasteiger partial charge on any atom is -0.378 e. The van der Waals surface area contributed by atoms with Crippen LogP contribution in [0.25, 0.3) is 11.1 Å². The van der Waals surface area contributed by atoms with Gasteiger partial charge in [0.15, 0.2) is 6.10 Å². The summed E-state index contributed by atoms with van der Waals surface area (Å²) >= 11 is 0. The fourth-order valence-electron chi connectivity index (χ4n) is 6.10. The Labute approximate surface area is 253 Å². The highest BCUT2D eigenvalue weighted by Crippen LogP contribution is 2.52. The van der Waals surface area contributed by atoms with Crippen molar-refractivity contribution in [2.24, 2.45) is 0 Å². The number of aliphatic hydroxyl groups excluding tert-OH is 1. The summed E-state index contributed by atoms with van der Waals surface area (Å²) in [7, 11) is 0. The number of aromatic amines is 1. The highest BCUT2D eigenvalue weighted by atomic mass is 19.4. The SMILES string of the molecule is CC(C)c1cccc(C2(c3nc4c(c(=O)[nH]3)CN(C(=O)[C@H](O)c3cccc(-c5cccc(C(F)(F)F)c5)c3)CCC4)CC2)c1. The molecule has 228 valence electrons. The van der Waals surface area contributed by atoms with Gasteiger partial charge < -0.3 is 15.0 Å². The highest BCUT2D eigenvalue weighted by molar-refractivity contribution is 5.83. The van der Waals surface area contributed by atoms with Crippen LogP contribution in [0.4, 0.5) is 13.2 Å². The Morgan fingerprint density at radius 1 is 0.977 bits per heavy atom. The molecule has 3 aromatic carbocycles. The third kappa shape index (κ3) is 5.68. The van der Waals surface area contributed by atoms with Crippen LogP contribution in [0.1, 0.15) is 84.5 Å². The molecule has 6 nitrogen and oxygen atoms in total. The maximum atomic E-state index is 13.5. The number of alkyl halides is 3. The van der Waals surface area contributed by atoms with E-state index < -0.39 is 23.8 Å². The molecule has 1 aliphatic carbocycles. The van der Waals surface area contributed by atoms with Crippen molar-refractivity contribution in [3.8, 4) is 11.1 Å². The molecule has 6 rings (SSSR count). The topological polar surface area (TPSA) is 86.3 Å². The van der Waals surface area contributed by atoms with Gasteiger partial charge >= 0.3 is 6.18 Å². The molecule has 0 radical (unpaired) electrons. The van der Waals surface area contributed by atoms with Gasteiger partial charge in [0, 0.05) is 6.54 Å². The van der Waals surface area contributed by atoms with Crippen LogP contribution >= 0.6 is 0 Å². The molecule has 2 aliphatic rings. The molecule has 44 heavy (non-hydrogen) atoms.